The van der Waals surface area contributed by atoms with Gasteiger partial charge in [0.25, 0.3) is 0 Å². The average molecular weight is 412 g/mol. The van der Waals surface area contributed by atoms with Gasteiger partial charge in [0, 0.05) is 17.2 Å². The van der Waals surface area contributed by atoms with Crippen LogP contribution in [-0.2, 0) is 0 Å². The Morgan fingerprint density at radius 1 is 1.06 bits per heavy atom. The monoisotopic (exact) mass is 412 g/mol. The highest BCUT2D eigenvalue weighted by atomic mass is 16.5. The van der Waals surface area contributed by atoms with Gasteiger partial charge in [0.1, 0.15) is 28.9 Å². The Morgan fingerprint density at radius 3 is 2.61 bits per heavy atom. The Hall–Kier alpha value is -4.24. The molecule has 0 radical (unpaired) electrons. The maximum atomic E-state index is 12.5. The van der Waals surface area contributed by atoms with Crippen LogP contribution in [0.25, 0.3) is 0 Å². The molecule has 4 rings (SSSR count). The molecule has 31 heavy (non-hydrogen) atoms. The molecule has 3 aromatic carbocycles. The number of ether oxygens (including phenoxy) is 3. The molecule has 0 spiro atoms. The first kappa shape index (κ1) is 20.0. The van der Waals surface area contributed by atoms with Crippen molar-refractivity contribution in [2.24, 2.45) is 5.73 Å². The number of methoxy groups -OCH3 is 1. The van der Waals surface area contributed by atoms with E-state index in [1.807, 2.05) is 37.3 Å². The van der Waals surface area contributed by atoms with Crippen molar-refractivity contribution in [3.8, 4) is 23.3 Å². The van der Waals surface area contributed by atoms with Gasteiger partial charge in [-0.15, -0.1) is 0 Å². The van der Waals surface area contributed by atoms with Crippen molar-refractivity contribution in [1.29, 1.82) is 5.26 Å². The Balaban J connectivity index is 1.72. The summed E-state index contributed by atoms with van der Waals surface area (Å²) in [5, 5.41) is 9.73. The van der Waals surface area contributed by atoms with Crippen molar-refractivity contribution in [3.63, 3.8) is 0 Å². The number of carbonyl (C=O) groups is 1. The molecule has 1 heterocycles. The van der Waals surface area contributed by atoms with Gasteiger partial charge < -0.3 is 19.9 Å². The first-order valence-corrected chi connectivity index (χ1v) is 9.65. The third kappa shape index (κ3) is 3.81. The number of rotatable bonds is 4. The summed E-state index contributed by atoms with van der Waals surface area (Å²) in [6.45, 7) is 1.91. The molecule has 1 unspecified atom stereocenters. The van der Waals surface area contributed by atoms with E-state index in [0.717, 1.165) is 16.7 Å². The van der Waals surface area contributed by atoms with Gasteiger partial charge in [-0.05, 0) is 31.2 Å². The van der Waals surface area contributed by atoms with Crippen LogP contribution in [-0.4, -0.2) is 13.1 Å². The molecule has 0 saturated carbocycles. The topological polar surface area (TPSA) is 94.6 Å². The lowest BCUT2D eigenvalue weighted by Crippen LogP contribution is -2.21. The SMILES string of the molecule is COc1ccccc1C1C(C#N)=C(N)Oc2cc(OC(=O)c3cccc(C)c3)ccc21. The molecule has 1 aliphatic rings. The van der Waals surface area contributed by atoms with Crippen LogP contribution in [0.1, 0.15) is 33.0 Å². The van der Waals surface area contributed by atoms with Crippen molar-refractivity contribution < 1.29 is 19.0 Å². The van der Waals surface area contributed by atoms with E-state index in [0.29, 0.717) is 28.4 Å². The van der Waals surface area contributed by atoms with Crippen LogP contribution in [0.2, 0.25) is 0 Å². The molecule has 6 nitrogen and oxygen atoms in total. The molecule has 154 valence electrons. The third-order valence-corrected chi connectivity index (χ3v) is 5.10. The number of nitrogens with two attached hydrogens (primary N) is 1. The molecule has 0 bridgehead atoms. The van der Waals surface area contributed by atoms with Gasteiger partial charge in [0.05, 0.1) is 18.6 Å². The molecular weight excluding hydrogens is 392 g/mol. The number of hydrogen-bond donors (Lipinski definition) is 1. The van der Waals surface area contributed by atoms with E-state index in [9.17, 15) is 10.1 Å². The number of nitrogens with zero attached hydrogens (tertiary/aromatic N) is 1. The lowest BCUT2D eigenvalue weighted by molar-refractivity contribution is 0.0734. The molecule has 0 amide bonds. The fourth-order valence-electron chi connectivity index (χ4n) is 3.66. The number of aryl methyl sites for hydroxylation is 1. The Bertz CT molecular complexity index is 1240. The number of fused-ring (bicyclic) bond motifs is 1. The summed E-state index contributed by atoms with van der Waals surface area (Å²) in [7, 11) is 1.58. The normalized spacial score (nSPS) is 14.8. The van der Waals surface area contributed by atoms with Crippen LogP contribution in [0.15, 0.2) is 78.2 Å². The number of carbonyl (C=O) groups excluding carboxylic acids is 1. The molecule has 0 fully saturated rings. The summed E-state index contributed by atoms with van der Waals surface area (Å²) in [5.41, 5.74) is 9.30. The number of para-hydroxylation sites is 1. The maximum absolute atomic E-state index is 12.5. The van der Waals surface area contributed by atoms with Gasteiger partial charge in [-0.1, -0.05) is 42.0 Å². The van der Waals surface area contributed by atoms with E-state index >= 15 is 0 Å². The highest BCUT2D eigenvalue weighted by molar-refractivity contribution is 5.91. The molecule has 0 saturated heterocycles. The third-order valence-electron chi connectivity index (χ3n) is 5.10. The number of allylic oxidation sites excluding steroid dienone is 1. The highest BCUT2D eigenvalue weighted by Crippen LogP contribution is 2.45. The minimum absolute atomic E-state index is 0.00747. The summed E-state index contributed by atoms with van der Waals surface area (Å²) in [4.78, 5) is 12.5. The molecule has 1 aliphatic heterocycles. The second kappa shape index (κ2) is 8.25. The zero-order chi connectivity index (χ0) is 22.0. The summed E-state index contributed by atoms with van der Waals surface area (Å²) < 4.78 is 16.7. The summed E-state index contributed by atoms with van der Waals surface area (Å²) in [5.74, 6) is 0.441. The number of esters is 1. The standard InChI is InChI=1S/C25H20N2O4/c1-15-6-5-7-16(12-15)25(28)30-17-10-11-19-22(13-17)31-24(27)20(14-26)23(19)18-8-3-4-9-21(18)29-2/h3-13,23H,27H2,1-2H3. The second-order valence-corrected chi connectivity index (χ2v) is 7.13. The minimum atomic E-state index is -0.470. The molecule has 0 aliphatic carbocycles. The predicted molar refractivity (Wildman–Crippen MR) is 115 cm³/mol. The van der Waals surface area contributed by atoms with Gasteiger partial charge in [0.15, 0.2) is 0 Å². The lowest BCUT2D eigenvalue weighted by atomic mass is 9.83. The summed E-state index contributed by atoms with van der Waals surface area (Å²) in [6, 6.07) is 21.8. The number of benzene rings is 3. The van der Waals surface area contributed by atoms with Crippen molar-refractivity contribution in [3.05, 3.63) is 100 Å². The highest BCUT2D eigenvalue weighted by Gasteiger charge is 2.32. The molecule has 0 aromatic heterocycles. The molecule has 1 atom stereocenters. The van der Waals surface area contributed by atoms with E-state index < -0.39 is 11.9 Å². The fourth-order valence-corrected chi connectivity index (χ4v) is 3.66. The van der Waals surface area contributed by atoms with Gasteiger partial charge in [-0.3, -0.25) is 0 Å². The zero-order valence-corrected chi connectivity index (χ0v) is 17.1. The number of nitriles is 1. The number of hydrogen-bond acceptors (Lipinski definition) is 6. The Labute approximate surface area is 180 Å². The van der Waals surface area contributed by atoms with Crippen LogP contribution in [0.4, 0.5) is 0 Å². The molecule has 2 N–H and O–H groups in total. The van der Waals surface area contributed by atoms with Crippen LogP contribution >= 0.6 is 0 Å². The molecular formula is C25H20N2O4. The summed E-state index contributed by atoms with van der Waals surface area (Å²) in [6.07, 6.45) is 0. The average Bonchev–Trinajstić information content (AvgIpc) is 2.78. The Kier molecular flexibility index (Phi) is 5.33. The van der Waals surface area contributed by atoms with Crippen LogP contribution < -0.4 is 19.9 Å². The van der Waals surface area contributed by atoms with Gasteiger partial charge in [-0.25, -0.2) is 4.79 Å². The zero-order valence-electron chi connectivity index (χ0n) is 17.1. The largest absolute Gasteiger partial charge is 0.496 e. The molecule has 3 aromatic rings. The van der Waals surface area contributed by atoms with Crippen molar-refractivity contribution in [2.75, 3.05) is 7.11 Å². The minimum Gasteiger partial charge on any atom is -0.496 e. The van der Waals surface area contributed by atoms with E-state index in [1.54, 1.807) is 43.5 Å². The fraction of sp³-hybridized carbons (Fsp3) is 0.120. The first-order valence-electron chi connectivity index (χ1n) is 9.65. The van der Waals surface area contributed by atoms with Crippen molar-refractivity contribution >= 4 is 5.97 Å². The van der Waals surface area contributed by atoms with Gasteiger partial charge in [0.2, 0.25) is 5.88 Å². The van der Waals surface area contributed by atoms with E-state index in [2.05, 4.69) is 6.07 Å². The molecule has 6 heteroatoms. The quantitative estimate of drug-likeness (QED) is 0.503. The van der Waals surface area contributed by atoms with E-state index in [1.165, 1.54) is 0 Å². The Morgan fingerprint density at radius 2 is 1.87 bits per heavy atom. The first-order chi connectivity index (χ1) is 15.0. The van der Waals surface area contributed by atoms with E-state index in [-0.39, 0.29) is 5.88 Å². The second-order valence-electron chi connectivity index (χ2n) is 7.13. The van der Waals surface area contributed by atoms with Gasteiger partial charge in [-0.2, -0.15) is 5.26 Å². The van der Waals surface area contributed by atoms with Crippen molar-refractivity contribution in [2.45, 2.75) is 12.8 Å². The van der Waals surface area contributed by atoms with Gasteiger partial charge >= 0.3 is 5.97 Å². The predicted octanol–water partition coefficient (Wildman–Crippen LogP) is 4.44. The smallest absolute Gasteiger partial charge is 0.343 e. The lowest BCUT2D eigenvalue weighted by Gasteiger charge is -2.27. The van der Waals surface area contributed by atoms with Crippen LogP contribution in [0, 0.1) is 18.3 Å². The van der Waals surface area contributed by atoms with E-state index in [4.69, 9.17) is 19.9 Å². The maximum Gasteiger partial charge on any atom is 0.343 e. The van der Waals surface area contributed by atoms with Crippen molar-refractivity contribution in [1.82, 2.24) is 0 Å². The van der Waals surface area contributed by atoms with Crippen LogP contribution in [0.3, 0.4) is 0 Å². The van der Waals surface area contributed by atoms with Crippen LogP contribution in [0.5, 0.6) is 17.2 Å². The summed E-state index contributed by atoms with van der Waals surface area (Å²) >= 11 is 0.